The molecule has 1 heterocycles. The lowest BCUT2D eigenvalue weighted by atomic mass is 10.2. The van der Waals surface area contributed by atoms with Crippen LogP contribution >= 0.6 is 0 Å². The van der Waals surface area contributed by atoms with Crippen LogP contribution in [-0.2, 0) is 0 Å². The molecule has 1 saturated carbocycles. The highest BCUT2D eigenvalue weighted by Crippen LogP contribution is 2.36. The van der Waals surface area contributed by atoms with Gasteiger partial charge in [0.05, 0.1) is 0 Å². The highest BCUT2D eigenvalue weighted by Gasteiger charge is 2.36. The summed E-state index contributed by atoms with van der Waals surface area (Å²) in [5, 5.41) is 3.38. The van der Waals surface area contributed by atoms with E-state index >= 15 is 0 Å². The maximum absolute atomic E-state index is 5.44. The molecule has 20 heavy (non-hydrogen) atoms. The van der Waals surface area contributed by atoms with Gasteiger partial charge >= 0.3 is 0 Å². The van der Waals surface area contributed by atoms with Gasteiger partial charge in [0, 0.05) is 19.1 Å². The Labute approximate surface area is 120 Å². The molecule has 2 rings (SSSR count). The van der Waals surface area contributed by atoms with Crippen LogP contribution in [0.25, 0.3) is 0 Å². The van der Waals surface area contributed by atoms with E-state index in [9.17, 15) is 0 Å². The highest BCUT2D eigenvalue weighted by atomic mass is 15.4. The van der Waals surface area contributed by atoms with Crippen LogP contribution < -0.4 is 21.5 Å². The van der Waals surface area contributed by atoms with E-state index in [4.69, 9.17) is 5.84 Å². The topological polar surface area (TPSA) is 92.0 Å². The summed E-state index contributed by atoms with van der Waals surface area (Å²) >= 11 is 0. The SMILES string of the molecule is CCCC1CC1Nc1nc(NN)nc(N(CC)CC)n1. The molecule has 1 aliphatic rings. The maximum atomic E-state index is 5.44. The van der Waals surface area contributed by atoms with E-state index in [1.807, 2.05) is 0 Å². The zero-order valence-electron chi connectivity index (χ0n) is 12.6. The van der Waals surface area contributed by atoms with Gasteiger partial charge in [0.25, 0.3) is 0 Å². The first kappa shape index (κ1) is 14.8. The number of nitrogens with one attached hydrogen (secondary N) is 2. The van der Waals surface area contributed by atoms with Gasteiger partial charge in [0.15, 0.2) is 0 Å². The van der Waals surface area contributed by atoms with Crippen molar-refractivity contribution in [3.05, 3.63) is 0 Å². The molecule has 2 atom stereocenters. The first-order chi connectivity index (χ1) is 9.71. The summed E-state index contributed by atoms with van der Waals surface area (Å²) in [5.41, 5.74) is 2.51. The second-order valence-electron chi connectivity index (χ2n) is 5.13. The van der Waals surface area contributed by atoms with Gasteiger partial charge in [-0.05, 0) is 32.6 Å². The number of aromatic nitrogens is 3. The van der Waals surface area contributed by atoms with Crippen molar-refractivity contribution in [3.8, 4) is 0 Å². The molecule has 0 spiro atoms. The first-order valence-corrected chi connectivity index (χ1v) is 7.45. The van der Waals surface area contributed by atoms with E-state index in [1.165, 1.54) is 19.3 Å². The Morgan fingerprint density at radius 1 is 1.15 bits per heavy atom. The number of hydrogen-bond acceptors (Lipinski definition) is 7. The number of hydrazine groups is 1. The van der Waals surface area contributed by atoms with Crippen molar-refractivity contribution in [1.82, 2.24) is 15.0 Å². The predicted molar refractivity (Wildman–Crippen MR) is 81.6 cm³/mol. The third-order valence-corrected chi connectivity index (χ3v) is 3.70. The van der Waals surface area contributed by atoms with Gasteiger partial charge in [0.1, 0.15) is 0 Å². The number of rotatable bonds is 8. The molecule has 0 bridgehead atoms. The second kappa shape index (κ2) is 6.69. The van der Waals surface area contributed by atoms with Crippen LogP contribution in [0, 0.1) is 5.92 Å². The van der Waals surface area contributed by atoms with Crippen LogP contribution in [0.2, 0.25) is 0 Å². The fraction of sp³-hybridized carbons (Fsp3) is 0.769. The minimum absolute atomic E-state index is 0.400. The Hall–Kier alpha value is -1.63. The van der Waals surface area contributed by atoms with Gasteiger partial charge in [-0.2, -0.15) is 15.0 Å². The van der Waals surface area contributed by atoms with Gasteiger partial charge in [-0.15, -0.1) is 0 Å². The largest absolute Gasteiger partial charge is 0.351 e. The van der Waals surface area contributed by atoms with Crippen molar-refractivity contribution in [3.63, 3.8) is 0 Å². The molecular formula is C13H25N7. The number of hydrogen-bond donors (Lipinski definition) is 3. The quantitative estimate of drug-likeness (QED) is 0.491. The van der Waals surface area contributed by atoms with Gasteiger partial charge < -0.3 is 10.2 Å². The van der Waals surface area contributed by atoms with Crippen LogP contribution in [0.5, 0.6) is 0 Å². The Bertz CT molecular complexity index is 433. The standard InChI is InChI=1S/C13H25N7/c1-4-7-9-8-10(9)15-11-16-12(19-14)18-13(17-11)20(5-2)6-3/h9-10H,4-8,14H2,1-3H3,(H2,15,16,17,18,19). The van der Waals surface area contributed by atoms with E-state index in [0.717, 1.165) is 19.0 Å². The van der Waals surface area contributed by atoms with Crippen molar-refractivity contribution in [2.45, 2.75) is 46.1 Å². The molecule has 1 aromatic rings. The van der Waals surface area contributed by atoms with Crippen molar-refractivity contribution in [1.29, 1.82) is 0 Å². The van der Waals surface area contributed by atoms with Crippen molar-refractivity contribution in [2.75, 3.05) is 28.7 Å². The summed E-state index contributed by atoms with van der Waals surface area (Å²) < 4.78 is 0. The summed E-state index contributed by atoms with van der Waals surface area (Å²) in [4.78, 5) is 15.2. The van der Waals surface area contributed by atoms with Crippen LogP contribution in [-0.4, -0.2) is 34.1 Å². The first-order valence-electron chi connectivity index (χ1n) is 7.45. The molecule has 1 fully saturated rings. The predicted octanol–water partition coefficient (Wildman–Crippen LogP) is 1.60. The summed E-state index contributed by atoms with van der Waals surface area (Å²) in [6.07, 6.45) is 3.68. The van der Waals surface area contributed by atoms with Crippen LogP contribution in [0.3, 0.4) is 0 Å². The summed E-state index contributed by atoms with van der Waals surface area (Å²) in [6, 6.07) is 0.493. The van der Waals surface area contributed by atoms with Crippen molar-refractivity contribution < 1.29 is 0 Å². The molecule has 0 saturated heterocycles. The molecule has 0 radical (unpaired) electrons. The average molecular weight is 279 g/mol. The molecule has 4 N–H and O–H groups in total. The lowest BCUT2D eigenvalue weighted by molar-refractivity contribution is 0.690. The Kier molecular flexibility index (Phi) is 4.94. The number of nitrogen functional groups attached to an aromatic ring is 1. The molecular weight excluding hydrogens is 254 g/mol. The van der Waals surface area contributed by atoms with Gasteiger partial charge in [-0.25, -0.2) is 5.84 Å². The second-order valence-corrected chi connectivity index (χ2v) is 5.13. The Morgan fingerprint density at radius 3 is 2.45 bits per heavy atom. The van der Waals surface area contributed by atoms with Gasteiger partial charge in [-0.1, -0.05) is 13.3 Å². The molecule has 7 nitrogen and oxygen atoms in total. The van der Waals surface area contributed by atoms with Crippen LogP contribution in [0.4, 0.5) is 17.8 Å². The molecule has 112 valence electrons. The van der Waals surface area contributed by atoms with Crippen LogP contribution in [0.15, 0.2) is 0 Å². The molecule has 0 aliphatic heterocycles. The lowest BCUT2D eigenvalue weighted by Gasteiger charge is -2.19. The van der Waals surface area contributed by atoms with E-state index in [-0.39, 0.29) is 0 Å². The summed E-state index contributed by atoms with van der Waals surface area (Å²) in [5.74, 6) is 7.87. The van der Waals surface area contributed by atoms with Gasteiger partial charge in [-0.3, -0.25) is 5.43 Å². The molecule has 0 aromatic carbocycles. The number of nitrogens with zero attached hydrogens (tertiary/aromatic N) is 4. The zero-order valence-corrected chi connectivity index (χ0v) is 12.6. The lowest BCUT2D eigenvalue weighted by Crippen LogP contribution is -2.26. The van der Waals surface area contributed by atoms with Crippen molar-refractivity contribution in [2.24, 2.45) is 11.8 Å². The van der Waals surface area contributed by atoms with Crippen molar-refractivity contribution >= 4 is 17.8 Å². The molecule has 1 aromatic heterocycles. The monoisotopic (exact) mass is 279 g/mol. The smallest absolute Gasteiger partial charge is 0.243 e. The van der Waals surface area contributed by atoms with E-state index in [1.54, 1.807) is 0 Å². The van der Waals surface area contributed by atoms with E-state index < -0.39 is 0 Å². The van der Waals surface area contributed by atoms with E-state index in [0.29, 0.717) is 23.9 Å². The maximum Gasteiger partial charge on any atom is 0.243 e. The minimum Gasteiger partial charge on any atom is -0.351 e. The minimum atomic E-state index is 0.400. The molecule has 0 amide bonds. The average Bonchev–Trinajstić information content (AvgIpc) is 3.18. The molecule has 1 aliphatic carbocycles. The fourth-order valence-corrected chi connectivity index (χ4v) is 2.42. The Balaban J connectivity index is 2.10. The fourth-order valence-electron chi connectivity index (χ4n) is 2.42. The third kappa shape index (κ3) is 3.47. The summed E-state index contributed by atoms with van der Waals surface area (Å²) in [6.45, 7) is 8.08. The zero-order chi connectivity index (χ0) is 14.5. The van der Waals surface area contributed by atoms with Crippen LogP contribution in [0.1, 0.15) is 40.0 Å². The summed E-state index contributed by atoms with van der Waals surface area (Å²) in [7, 11) is 0. The third-order valence-electron chi connectivity index (χ3n) is 3.70. The Morgan fingerprint density at radius 2 is 1.85 bits per heavy atom. The van der Waals surface area contributed by atoms with Gasteiger partial charge in [0.2, 0.25) is 17.8 Å². The molecule has 2 unspecified atom stereocenters. The number of anilines is 3. The normalized spacial score (nSPS) is 20.6. The highest BCUT2D eigenvalue weighted by molar-refractivity contribution is 5.44. The van der Waals surface area contributed by atoms with E-state index in [2.05, 4.69) is 51.4 Å². The number of nitrogens with two attached hydrogens (primary N) is 1. The molecule has 7 heteroatoms.